The largest absolute Gasteiger partial charge is 0.496 e. The molecule has 4 heteroatoms. The molecule has 20 heavy (non-hydrogen) atoms. The number of hydrogen-bond donors (Lipinski definition) is 2. The lowest BCUT2D eigenvalue weighted by Crippen LogP contribution is -2.47. The van der Waals surface area contributed by atoms with Gasteiger partial charge in [-0.05, 0) is 20.0 Å². The number of rotatable bonds is 8. The first-order chi connectivity index (χ1) is 9.34. The van der Waals surface area contributed by atoms with Crippen molar-refractivity contribution in [3.8, 4) is 5.75 Å². The molecular weight excluding hydrogens is 252 g/mol. The Kier molecular flexibility index (Phi) is 6.46. The fourth-order valence-corrected chi connectivity index (χ4v) is 2.24. The second-order valence-electron chi connectivity index (χ2n) is 6.02. The van der Waals surface area contributed by atoms with Gasteiger partial charge in [0.1, 0.15) is 5.75 Å². The van der Waals surface area contributed by atoms with Crippen LogP contribution < -0.4 is 10.1 Å². The molecule has 0 aliphatic carbocycles. The topological polar surface area (TPSA) is 44.7 Å². The Bertz CT molecular complexity index is 405. The van der Waals surface area contributed by atoms with Gasteiger partial charge in [0.05, 0.1) is 12.7 Å². The fraction of sp³-hybridized carbons (Fsp3) is 0.625. The van der Waals surface area contributed by atoms with Gasteiger partial charge in [0, 0.05) is 31.2 Å². The van der Waals surface area contributed by atoms with Crippen LogP contribution in [0.25, 0.3) is 0 Å². The van der Waals surface area contributed by atoms with Crippen LogP contribution >= 0.6 is 0 Å². The Labute approximate surface area is 122 Å². The van der Waals surface area contributed by atoms with E-state index in [0.29, 0.717) is 19.1 Å². The number of hydrogen-bond acceptors (Lipinski definition) is 4. The third-order valence-electron chi connectivity index (χ3n) is 3.13. The summed E-state index contributed by atoms with van der Waals surface area (Å²) >= 11 is 0. The first-order valence-corrected chi connectivity index (χ1v) is 7.10. The molecule has 0 heterocycles. The van der Waals surface area contributed by atoms with E-state index >= 15 is 0 Å². The highest BCUT2D eigenvalue weighted by Gasteiger charge is 2.22. The van der Waals surface area contributed by atoms with Crippen LogP contribution in [-0.2, 0) is 6.54 Å². The predicted octanol–water partition coefficient (Wildman–Crippen LogP) is 1.88. The van der Waals surface area contributed by atoms with Crippen LogP contribution in [0, 0.1) is 0 Å². The zero-order chi connectivity index (χ0) is 15.2. The monoisotopic (exact) mass is 280 g/mol. The van der Waals surface area contributed by atoms with Gasteiger partial charge >= 0.3 is 0 Å². The zero-order valence-corrected chi connectivity index (χ0v) is 13.3. The highest BCUT2D eigenvalue weighted by atomic mass is 16.5. The molecule has 1 unspecified atom stereocenters. The van der Waals surface area contributed by atoms with E-state index in [0.717, 1.165) is 17.9 Å². The number of ether oxygens (including phenoxy) is 1. The molecule has 2 N–H and O–H groups in total. The molecule has 0 radical (unpaired) electrons. The van der Waals surface area contributed by atoms with Crippen LogP contribution in [-0.4, -0.2) is 48.9 Å². The van der Waals surface area contributed by atoms with Crippen LogP contribution in [0.4, 0.5) is 0 Å². The second kappa shape index (κ2) is 7.62. The minimum atomic E-state index is -0.749. The molecule has 0 amide bonds. The predicted molar refractivity (Wildman–Crippen MR) is 83.1 cm³/mol. The lowest BCUT2D eigenvalue weighted by Gasteiger charge is -2.30. The van der Waals surface area contributed by atoms with Gasteiger partial charge < -0.3 is 15.2 Å². The van der Waals surface area contributed by atoms with E-state index in [1.54, 1.807) is 7.11 Å². The Morgan fingerprint density at radius 2 is 2.00 bits per heavy atom. The van der Waals surface area contributed by atoms with E-state index in [-0.39, 0.29) is 0 Å². The summed E-state index contributed by atoms with van der Waals surface area (Å²) in [6.07, 6.45) is 0. The molecular formula is C16H28N2O2. The van der Waals surface area contributed by atoms with Crippen molar-refractivity contribution >= 4 is 0 Å². The number of aliphatic hydroxyl groups is 1. The molecule has 0 saturated carbocycles. The van der Waals surface area contributed by atoms with Gasteiger partial charge in [0.2, 0.25) is 0 Å². The van der Waals surface area contributed by atoms with Crippen molar-refractivity contribution < 1.29 is 9.84 Å². The smallest absolute Gasteiger partial charge is 0.123 e. The summed E-state index contributed by atoms with van der Waals surface area (Å²) in [4.78, 5) is 2.11. The molecule has 0 fully saturated rings. The number of methoxy groups -OCH3 is 1. The molecule has 1 atom stereocenters. The molecule has 0 aliphatic heterocycles. The molecule has 1 aromatic rings. The van der Waals surface area contributed by atoms with Crippen LogP contribution in [0.3, 0.4) is 0 Å². The van der Waals surface area contributed by atoms with E-state index in [4.69, 9.17) is 4.74 Å². The molecule has 0 aliphatic rings. The van der Waals surface area contributed by atoms with Crippen LogP contribution in [0.2, 0.25) is 0 Å². The first kappa shape index (κ1) is 17.0. The average molecular weight is 280 g/mol. The number of para-hydroxylation sites is 1. The normalized spacial score (nSPS) is 14.6. The van der Waals surface area contributed by atoms with Crippen LogP contribution in [0.1, 0.15) is 26.3 Å². The fourth-order valence-electron chi connectivity index (χ4n) is 2.24. The Balaban J connectivity index is 2.56. The first-order valence-electron chi connectivity index (χ1n) is 7.10. The Morgan fingerprint density at radius 1 is 1.35 bits per heavy atom. The third kappa shape index (κ3) is 5.90. The zero-order valence-electron chi connectivity index (χ0n) is 13.3. The van der Waals surface area contributed by atoms with E-state index in [1.807, 2.05) is 32.2 Å². The molecule has 114 valence electrons. The SMILES string of the molecule is COc1ccccc1CN(C)CC(C)(O)CNC(C)C. The number of likely N-dealkylation sites (N-methyl/N-ethyl adjacent to an activating group) is 1. The van der Waals surface area contributed by atoms with E-state index < -0.39 is 5.60 Å². The van der Waals surface area contributed by atoms with Gasteiger partial charge in [-0.1, -0.05) is 32.0 Å². The van der Waals surface area contributed by atoms with Crippen molar-refractivity contribution in [2.45, 2.75) is 39.0 Å². The number of nitrogens with zero attached hydrogens (tertiary/aromatic N) is 1. The number of nitrogens with one attached hydrogen (secondary N) is 1. The molecule has 0 bridgehead atoms. The Morgan fingerprint density at radius 3 is 2.60 bits per heavy atom. The maximum absolute atomic E-state index is 10.4. The summed E-state index contributed by atoms with van der Waals surface area (Å²) in [6, 6.07) is 8.36. The molecule has 1 aromatic carbocycles. The van der Waals surface area contributed by atoms with Crippen molar-refractivity contribution in [2.24, 2.45) is 0 Å². The average Bonchev–Trinajstić information content (AvgIpc) is 2.36. The summed E-state index contributed by atoms with van der Waals surface area (Å²) in [7, 11) is 3.69. The molecule has 1 rings (SSSR count). The quantitative estimate of drug-likeness (QED) is 0.763. The summed E-state index contributed by atoms with van der Waals surface area (Å²) in [5.41, 5.74) is 0.381. The summed E-state index contributed by atoms with van der Waals surface area (Å²) in [5.74, 6) is 0.888. The van der Waals surface area contributed by atoms with Crippen molar-refractivity contribution in [2.75, 3.05) is 27.2 Å². The van der Waals surface area contributed by atoms with Gasteiger partial charge in [-0.2, -0.15) is 0 Å². The molecule has 0 spiro atoms. The summed E-state index contributed by atoms with van der Waals surface area (Å²) in [5, 5.41) is 13.7. The van der Waals surface area contributed by atoms with E-state index in [9.17, 15) is 5.11 Å². The van der Waals surface area contributed by atoms with Crippen LogP contribution in [0.5, 0.6) is 5.75 Å². The second-order valence-corrected chi connectivity index (χ2v) is 6.02. The highest BCUT2D eigenvalue weighted by molar-refractivity contribution is 5.33. The maximum Gasteiger partial charge on any atom is 0.123 e. The van der Waals surface area contributed by atoms with E-state index in [1.165, 1.54) is 0 Å². The van der Waals surface area contributed by atoms with Crippen molar-refractivity contribution in [1.29, 1.82) is 0 Å². The molecule has 0 aromatic heterocycles. The minimum absolute atomic E-state index is 0.376. The lowest BCUT2D eigenvalue weighted by atomic mass is 10.1. The van der Waals surface area contributed by atoms with Gasteiger partial charge in [0.25, 0.3) is 0 Å². The molecule has 4 nitrogen and oxygen atoms in total. The lowest BCUT2D eigenvalue weighted by molar-refractivity contribution is 0.0238. The third-order valence-corrected chi connectivity index (χ3v) is 3.13. The minimum Gasteiger partial charge on any atom is -0.496 e. The summed E-state index contributed by atoms with van der Waals surface area (Å²) < 4.78 is 5.35. The van der Waals surface area contributed by atoms with Crippen molar-refractivity contribution in [3.63, 3.8) is 0 Å². The molecule has 0 saturated heterocycles. The Hall–Kier alpha value is -1.10. The summed E-state index contributed by atoms with van der Waals surface area (Å²) in [6.45, 7) is 7.96. The van der Waals surface area contributed by atoms with Gasteiger partial charge in [0.15, 0.2) is 0 Å². The van der Waals surface area contributed by atoms with Crippen molar-refractivity contribution in [1.82, 2.24) is 10.2 Å². The maximum atomic E-state index is 10.4. The van der Waals surface area contributed by atoms with Crippen molar-refractivity contribution in [3.05, 3.63) is 29.8 Å². The highest BCUT2D eigenvalue weighted by Crippen LogP contribution is 2.19. The van der Waals surface area contributed by atoms with E-state index in [2.05, 4.69) is 30.1 Å². The van der Waals surface area contributed by atoms with Gasteiger partial charge in [-0.3, -0.25) is 4.90 Å². The van der Waals surface area contributed by atoms with Gasteiger partial charge in [-0.25, -0.2) is 0 Å². The van der Waals surface area contributed by atoms with Crippen LogP contribution in [0.15, 0.2) is 24.3 Å². The number of benzene rings is 1. The van der Waals surface area contributed by atoms with Gasteiger partial charge in [-0.15, -0.1) is 0 Å². The standard InChI is InChI=1S/C16H28N2O2/c1-13(2)17-11-16(3,19)12-18(4)10-14-8-6-7-9-15(14)20-5/h6-9,13,17,19H,10-12H2,1-5H3.